The van der Waals surface area contributed by atoms with E-state index in [0.717, 1.165) is 45.6 Å². The summed E-state index contributed by atoms with van der Waals surface area (Å²) in [5.74, 6) is -1.16. The number of halogens is 3. The normalized spacial score (nSPS) is 11.6. The van der Waals surface area contributed by atoms with Crippen LogP contribution in [0.3, 0.4) is 0 Å². The Morgan fingerprint density at radius 1 is 1.00 bits per heavy atom. The highest BCUT2D eigenvalue weighted by atomic mass is 35.5. The van der Waals surface area contributed by atoms with Gasteiger partial charge in [-0.15, -0.1) is 0 Å². The van der Waals surface area contributed by atoms with Gasteiger partial charge in [0.1, 0.15) is 17.9 Å². The van der Waals surface area contributed by atoms with Crippen molar-refractivity contribution >= 4 is 28.8 Å². The van der Waals surface area contributed by atoms with Crippen LogP contribution in [-0.2, 0) is 17.6 Å². The van der Waals surface area contributed by atoms with E-state index in [4.69, 9.17) is 11.6 Å². The Morgan fingerprint density at radius 2 is 1.73 bits per heavy atom. The summed E-state index contributed by atoms with van der Waals surface area (Å²) in [4.78, 5) is 17.9. The number of hydrogen-bond donors (Lipinski definition) is 2. The summed E-state index contributed by atoms with van der Waals surface area (Å²) in [5, 5.41) is 5.00. The fraction of sp³-hybridized carbons (Fsp3) is 0.133. The maximum Gasteiger partial charge on any atom is 0.126 e. The molecule has 5 aromatic rings. The molecule has 0 aliphatic carbocycles. The molecule has 3 aromatic carbocycles. The summed E-state index contributed by atoms with van der Waals surface area (Å²) < 4.78 is 27.0. The lowest BCUT2D eigenvalue weighted by Crippen LogP contribution is -2.21. The van der Waals surface area contributed by atoms with Crippen LogP contribution in [0.2, 0.25) is 5.02 Å². The quantitative estimate of drug-likeness (QED) is 0.226. The van der Waals surface area contributed by atoms with E-state index in [0.29, 0.717) is 23.4 Å². The SMILES string of the molecule is CNC(Cc1cc(F)cc(F)c1)c1ncccc1-c1ccc(Cl)cc1.O=CCc1c[nH]c2ccccc12. The average Bonchev–Trinajstić information content (AvgIpc) is 3.31. The topological polar surface area (TPSA) is 57.8 Å². The largest absolute Gasteiger partial charge is 0.361 e. The molecule has 4 nitrogen and oxygen atoms in total. The molecule has 37 heavy (non-hydrogen) atoms. The maximum atomic E-state index is 13.5. The molecule has 0 spiro atoms. The molecule has 2 aromatic heterocycles. The molecule has 0 aliphatic heterocycles. The minimum atomic E-state index is -0.580. The first-order valence-electron chi connectivity index (χ1n) is 11.8. The number of carbonyl (C=O) groups is 1. The fourth-order valence-electron chi connectivity index (χ4n) is 4.26. The van der Waals surface area contributed by atoms with E-state index in [-0.39, 0.29) is 6.04 Å². The van der Waals surface area contributed by atoms with Gasteiger partial charge in [-0.05, 0) is 66.6 Å². The Bertz CT molecular complexity index is 1460. The molecule has 0 bridgehead atoms. The van der Waals surface area contributed by atoms with Crippen LogP contribution in [0.4, 0.5) is 8.78 Å². The highest BCUT2D eigenvalue weighted by Crippen LogP contribution is 2.29. The second kappa shape index (κ2) is 12.4. The molecule has 188 valence electrons. The number of nitrogens with zero attached hydrogens (tertiary/aromatic N) is 1. The van der Waals surface area contributed by atoms with Gasteiger partial charge < -0.3 is 15.1 Å². The van der Waals surface area contributed by atoms with Gasteiger partial charge in [-0.3, -0.25) is 4.98 Å². The van der Waals surface area contributed by atoms with Gasteiger partial charge in [0.25, 0.3) is 0 Å². The molecule has 0 saturated carbocycles. The second-order valence-corrected chi connectivity index (χ2v) is 8.93. The Hall–Kier alpha value is -3.87. The number of aromatic nitrogens is 2. The number of para-hydroxylation sites is 1. The summed E-state index contributed by atoms with van der Waals surface area (Å²) in [5.41, 5.74) is 5.49. The van der Waals surface area contributed by atoms with E-state index < -0.39 is 11.6 Å². The van der Waals surface area contributed by atoms with Crippen LogP contribution in [0.15, 0.2) is 91.3 Å². The lowest BCUT2D eigenvalue weighted by Gasteiger charge is -2.19. The van der Waals surface area contributed by atoms with Crippen LogP contribution >= 0.6 is 11.6 Å². The maximum absolute atomic E-state index is 13.5. The van der Waals surface area contributed by atoms with Crippen molar-refractivity contribution in [3.8, 4) is 11.1 Å². The fourth-order valence-corrected chi connectivity index (χ4v) is 4.38. The van der Waals surface area contributed by atoms with E-state index in [1.165, 1.54) is 12.1 Å². The molecule has 0 saturated heterocycles. The Labute approximate surface area is 219 Å². The number of fused-ring (bicyclic) bond motifs is 1. The van der Waals surface area contributed by atoms with Crippen molar-refractivity contribution in [2.45, 2.75) is 18.9 Å². The van der Waals surface area contributed by atoms with Crippen molar-refractivity contribution < 1.29 is 13.6 Å². The van der Waals surface area contributed by atoms with Gasteiger partial charge in [0, 0.05) is 46.4 Å². The Balaban J connectivity index is 0.000000222. The minimum Gasteiger partial charge on any atom is -0.361 e. The predicted molar refractivity (Wildman–Crippen MR) is 145 cm³/mol. The number of carbonyl (C=O) groups excluding carboxylic acids is 1. The van der Waals surface area contributed by atoms with Crippen molar-refractivity contribution in [2.75, 3.05) is 7.05 Å². The zero-order valence-corrected chi connectivity index (χ0v) is 21.0. The molecule has 7 heteroatoms. The van der Waals surface area contributed by atoms with E-state index in [9.17, 15) is 13.6 Å². The molecular weight excluding hydrogens is 492 g/mol. The molecule has 5 rings (SSSR count). The van der Waals surface area contributed by atoms with Gasteiger partial charge in [-0.2, -0.15) is 0 Å². The summed E-state index contributed by atoms with van der Waals surface area (Å²) in [6.07, 6.45) is 5.44. The number of pyridine rings is 1. The Kier molecular flexibility index (Phi) is 8.77. The summed E-state index contributed by atoms with van der Waals surface area (Å²) in [6, 6.07) is 22.7. The van der Waals surface area contributed by atoms with Crippen LogP contribution in [0.1, 0.15) is 22.9 Å². The number of hydrogen-bond acceptors (Lipinski definition) is 3. The summed E-state index contributed by atoms with van der Waals surface area (Å²) >= 11 is 5.97. The Morgan fingerprint density at radius 3 is 2.43 bits per heavy atom. The molecule has 0 fully saturated rings. The molecule has 0 amide bonds. The van der Waals surface area contributed by atoms with Crippen molar-refractivity contribution in [3.05, 3.63) is 125 Å². The van der Waals surface area contributed by atoms with E-state index >= 15 is 0 Å². The second-order valence-electron chi connectivity index (χ2n) is 8.50. The third-order valence-electron chi connectivity index (χ3n) is 6.01. The number of aldehydes is 1. The monoisotopic (exact) mass is 517 g/mol. The van der Waals surface area contributed by atoms with Crippen LogP contribution in [0.5, 0.6) is 0 Å². The van der Waals surface area contributed by atoms with Gasteiger partial charge in [-0.25, -0.2) is 8.78 Å². The third kappa shape index (κ3) is 6.67. The van der Waals surface area contributed by atoms with Crippen LogP contribution in [0, 0.1) is 11.6 Å². The standard InChI is InChI=1S/C20H17ClF2N2.C10H9NO/c1-24-19(11-13-9-16(22)12-17(23)10-13)20-18(3-2-8-25-20)14-4-6-15(21)7-5-14;12-6-5-8-7-11-10-4-2-1-3-9(8)10/h2-10,12,19,24H,11H2,1H3;1-4,6-7,11H,5H2. The first kappa shape index (κ1) is 26.2. The summed E-state index contributed by atoms with van der Waals surface area (Å²) in [6.45, 7) is 0. The predicted octanol–water partition coefficient (Wildman–Crippen LogP) is 7.09. The molecule has 1 unspecified atom stereocenters. The first-order chi connectivity index (χ1) is 18.0. The first-order valence-corrected chi connectivity index (χ1v) is 12.2. The molecule has 0 aliphatic rings. The number of aromatic amines is 1. The van der Waals surface area contributed by atoms with Gasteiger partial charge in [-0.1, -0.05) is 48.0 Å². The van der Waals surface area contributed by atoms with Crippen molar-refractivity contribution in [2.24, 2.45) is 0 Å². The lowest BCUT2D eigenvalue weighted by atomic mass is 9.95. The van der Waals surface area contributed by atoms with Crippen molar-refractivity contribution in [1.29, 1.82) is 0 Å². The zero-order chi connectivity index (χ0) is 26.2. The van der Waals surface area contributed by atoms with Crippen LogP contribution < -0.4 is 5.32 Å². The number of benzene rings is 3. The van der Waals surface area contributed by atoms with E-state index in [1.54, 1.807) is 13.2 Å². The van der Waals surface area contributed by atoms with Crippen molar-refractivity contribution in [1.82, 2.24) is 15.3 Å². The molecule has 2 heterocycles. The number of nitrogens with one attached hydrogen (secondary N) is 2. The average molecular weight is 518 g/mol. The van der Waals surface area contributed by atoms with E-state index in [1.807, 2.05) is 66.9 Å². The smallest absolute Gasteiger partial charge is 0.126 e. The van der Waals surface area contributed by atoms with Crippen molar-refractivity contribution in [3.63, 3.8) is 0 Å². The lowest BCUT2D eigenvalue weighted by molar-refractivity contribution is -0.107. The number of likely N-dealkylation sites (N-methyl/N-ethyl adjacent to an activating group) is 1. The molecule has 0 radical (unpaired) electrons. The van der Waals surface area contributed by atoms with Crippen LogP contribution in [0.25, 0.3) is 22.0 Å². The van der Waals surface area contributed by atoms with Gasteiger partial charge in [0.2, 0.25) is 0 Å². The summed E-state index contributed by atoms with van der Waals surface area (Å²) in [7, 11) is 1.81. The number of rotatable bonds is 7. The zero-order valence-electron chi connectivity index (χ0n) is 20.2. The third-order valence-corrected chi connectivity index (χ3v) is 6.26. The highest BCUT2D eigenvalue weighted by molar-refractivity contribution is 6.30. The number of H-pyrrole nitrogens is 1. The van der Waals surface area contributed by atoms with Crippen LogP contribution in [-0.4, -0.2) is 23.3 Å². The van der Waals surface area contributed by atoms with Gasteiger partial charge in [0.15, 0.2) is 0 Å². The minimum absolute atomic E-state index is 0.187. The van der Waals surface area contributed by atoms with Gasteiger partial charge >= 0.3 is 0 Å². The van der Waals surface area contributed by atoms with Gasteiger partial charge in [0.05, 0.1) is 11.7 Å². The van der Waals surface area contributed by atoms with E-state index in [2.05, 4.69) is 15.3 Å². The molecular formula is C30H26ClF2N3O. The molecule has 1 atom stereocenters. The molecule has 2 N–H and O–H groups in total. The highest BCUT2D eigenvalue weighted by Gasteiger charge is 2.17.